The van der Waals surface area contributed by atoms with Gasteiger partial charge in [0.15, 0.2) is 0 Å². The predicted octanol–water partition coefficient (Wildman–Crippen LogP) is 4.36. The summed E-state index contributed by atoms with van der Waals surface area (Å²) in [5.74, 6) is -1.84. The first kappa shape index (κ1) is 17.1. The summed E-state index contributed by atoms with van der Waals surface area (Å²) in [6.45, 7) is 3.85. The van der Waals surface area contributed by atoms with Crippen molar-refractivity contribution in [2.45, 2.75) is 36.5 Å². The summed E-state index contributed by atoms with van der Waals surface area (Å²) < 4.78 is 0. The van der Waals surface area contributed by atoms with Crippen LogP contribution in [0.2, 0.25) is 0 Å². The summed E-state index contributed by atoms with van der Waals surface area (Å²) in [6, 6.07) is 10.6. The first-order valence-corrected chi connectivity index (χ1v) is 8.18. The molecule has 4 nitrogen and oxygen atoms in total. The van der Waals surface area contributed by atoms with Crippen molar-refractivity contribution in [1.82, 2.24) is 0 Å². The van der Waals surface area contributed by atoms with Gasteiger partial charge in [0.2, 0.25) is 0 Å². The fourth-order valence-corrected chi connectivity index (χ4v) is 3.35. The van der Waals surface area contributed by atoms with Crippen LogP contribution in [0, 0.1) is 0 Å². The van der Waals surface area contributed by atoms with Crippen LogP contribution in [0.15, 0.2) is 46.2 Å². The van der Waals surface area contributed by atoms with Gasteiger partial charge in [-0.2, -0.15) is 0 Å². The maximum atomic E-state index is 11.2. The van der Waals surface area contributed by atoms with E-state index in [1.807, 2.05) is 26.0 Å². The molecule has 0 aliphatic heterocycles. The van der Waals surface area contributed by atoms with Crippen LogP contribution < -0.4 is 0 Å². The summed E-state index contributed by atoms with van der Waals surface area (Å²) in [6.07, 6.45) is 1.29. The largest absolute Gasteiger partial charge is 0.478 e. The van der Waals surface area contributed by atoms with Crippen LogP contribution in [-0.2, 0) is 12.8 Å². The molecule has 23 heavy (non-hydrogen) atoms. The standard InChI is InChI=1S/C18H18O4S/c1-3-11-9-13(5-7-15(11)17(19)20)23-14-6-8-16(18(21)22)12(4-2)10-14/h5-10H,3-4H2,1-2H3,(H,19,20)(H,21,22). The van der Waals surface area contributed by atoms with E-state index >= 15 is 0 Å². The quantitative estimate of drug-likeness (QED) is 0.823. The van der Waals surface area contributed by atoms with E-state index in [0.717, 1.165) is 20.9 Å². The van der Waals surface area contributed by atoms with Gasteiger partial charge in [0.25, 0.3) is 0 Å². The Morgan fingerprint density at radius 1 is 0.826 bits per heavy atom. The molecule has 0 spiro atoms. The minimum Gasteiger partial charge on any atom is -0.478 e. The second-order valence-electron chi connectivity index (χ2n) is 5.06. The summed E-state index contributed by atoms with van der Waals surface area (Å²) in [4.78, 5) is 24.2. The number of benzene rings is 2. The SMILES string of the molecule is CCc1cc(Sc2ccc(C(=O)O)c(CC)c2)ccc1C(=O)O. The molecule has 0 heterocycles. The van der Waals surface area contributed by atoms with E-state index in [9.17, 15) is 9.59 Å². The summed E-state index contributed by atoms with van der Waals surface area (Å²) >= 11 is 1.50. The topological polar surface area (TPSA) is 74.6 Å². The number of rotatable bonds is 6. The van der Waals surface area contributed by atoms with Gasteiger partial charge in [0, 0.05) is 9.79 Å². The van der Waals surface area contributed by atoms with Crippen LogP contribution >= 0.6 is 11.8 Å². The normalized spacial score (nSPS) is 10.5. The van der Waals surface area contributed by atoms with Gasteiger partial charge in [0.05, 0.1) is 11.1 Å². The molecule has 0 saturated carbocycles. The molecule has 0 radical (unpaired) electrons. The Morgan fingerprint density at radius 3 is 1.52 bits per heavy atom. The van der Waals surface area contributed by atoms with Crippen molar-refractivity contribution in [1.29, 1.82) is 0 Å². The maximum absolute atomic E-state index is 11.2. The molecular formula is C18H18O4S. The molecule has 0 bridgehead atoms. The monoisotopic (exact) mass is 330 g/mol. The van der Waals surface area contributed by atoms with Crippen molar-refractivity contribution in [3.05, 3.63) is 58.7 Å². The fourth-order valence-electron chi connectivity index (χ4n) is 2.41. The Morgan fingerprint density at radius 2 is 1.22 bits per heavy atom. The minimum atomic E-state index is -0.919. The lowest BCUT2D eigenvalue weighted by atomic mass is 10.1. The molecule has 0 aromatic heterocycles. The lowest BCUT2D eigenvalue weighted by molar-refractivity contribution is 0.0684. The summed E-state index contributed by atoms with van der Waals surface area (Å²) in [5.41, 5.74) is 2.24. The van der Waals surface area contributed by atoms with Crippen molar-refractivity contribution in [3.63, 3.8) is 0 Å². The second-order valence-corrected chi connectivity index (χ2v) is 6.20. The highest BCUT2D eigenvalue weighted by Crippen LogP contribution is 2.31. The third kappa shape index (κ3) is 3.93. The molecule has 0 aliphatic carbocycles. The number of hydrogen-bond acceptors (Lipinski definition) is 3. The number of carboxylic acid groups (broad SMARTS) is 2. The van der Waals surface area contributed by atoms with E-state index in [1.165, 1.54) is 11.8 Å². The van der Waals surface area contributed by atoms with Gasteiger partial charge < -0.3 is 10.2 Å². The number of hydrogen-bond donors (Lipinski definition) is 2. The van der Waals surface area contributed by atoms with Crippen molar-refractivity contribution in [2.24, 2.45) is 0 Å². The summed E-state index contributed by atoms with van der Waals surface area (Å²) in [5, 5.41) is 18.3. The highest BCUT2D eigenvalue weighted by molar-refractivity contribution is 7.99. The third-order valence-corrected chi connectivity index (χ3v) is 4.59. The Bertz CT molecular complexity index is 689. The van der Waals surface area contributed by atoms with Gasteiger partial charge in [-0.3, -0.25) is 0 Å². The van der Waals surface area contributed by atoms with Gasteiger partial charge >= 0.3 is 11.9 Å². The van der Waals surface area contributed by atoms with Crippen LogP contribution in [0.25, 0.3) is 0 Å². The smallest absolute Gasteiger partial charge is 0.335 e. The lowest BCUT2D eigenvalue weighted by Crippen LogP contribution is -2.02. The van der Waals surface area contributed by atoms with Crippen LogP contribution in [0.4, 0.5) is 0 Å². The Kier molecular flexibility index (Phi) is 5.45. The average molecular weight is 330 g/mol. The van der Waals surface area contributed by atoms with Gasteiger partial charge in [0.1, 0.15) is 0 Å². The Hall–Kier alpha value is -2.27. The minimum absolute atomic E-state index is 0.326. The molecule has 2 rings (SSSR count). The first-order valence-electron chi connectivity index (χ1n) is 7.36. The highest BCUT2D eigenvalue weighted by Gasteiger charge is 2.12. The fraction of sp³-hybridized carbons (Fsp3) is 0.222. The first-order chi connectivity index (χ1) is 11.0. The van der Waals surface area contributed by atoms with Crippen LogP contribution in [0.1, 0.15) is 45.7 Å². The van der Waals surface area contributed by atoms with E-state index in [1.54, 1.807) is 24.3 Å². The zero-order chi connectivity index (χ0) is 17.0. The van der Waals surface area contributed by atoms with E-state index in [4.69, 9.17) is 10.2 Å². The molecule has 2 aromatic carbocycles. The van der Waals surface area contributed by atoms with E-state index in [0.29, 0.717) is 24.0 Å². The Labute approximate surface area is 139 Å². The number of aromatic carboxylic acids is 2. The molecule has 0 fully saturated rings. The van der Waals surface area contributed by atoms with Crippen LogP contribution in [-0.4, -0.2) is 22.2 Å². The molecule has 2 N–H and O–H groups in total. The highest BCUT2D eigenvalue weighted by atomic mass is 32.2. The molecule has 2 aromatic rings. The second kappa shape index (κ2) is 7.33. The molecule has 0 aliphatic rings. The zero-order valence-electron chi connectivity index (χ0n) is 13.0. The number of carbonyl (C=O) groups is 2. The van der Waals surface area contributed by atoms with Gasteiger partial charge in [-0.1, -0.05) is 25.6 Å². The van der Waals surface area contributed by atoms with Crippen molar-refractivity contribution in [2.75, 3.05) is 0 Å². The van der Waals surface area contributed by atoms with E-state index in [-0.39, 0.29) is 0 Å². The van der Waals surface area contributed by atoms with E-state index in [2.05, 4.69) is 0 Å². The van der Waals surface area contributed by atoms with Gasteiger partial charge in [-0.25, -0.2) is 9.59 Å². The van der Waals surface area contributed by atoms with Crippen LogP contribution in [0.5, 0.6) is 0 Å². The van der Waals surface area contributed by atoms with Gasteiger partial charge in [-0.15, -0.1) is 0 Å². The maximum Gasteiger partial charge on any atom is 0.335 e. The Balaban J connectivity index is 2.32. The van der Waals surface area contributed by atoms with Crippen molar-refractivity contribution >= 4 is 23.7 Å². The third-order valence-electron chi connectivity index (χ3n) is 3.61. The molecule has 5 heteroatoms. The lowest BCUT2D eigenvalue weighted by Gasteiger charge is -2.09. The summed E-state index contributed by atoms with van der Waals surface area (Å²) in [7, 11) is 0. The predicted molar refractivity (Wildman–Crippen MR) is 89.7 cm³/mol. The number of carboxylic acids is 2. The average Bonchev–Trinajstić information content (AvgIpc) is 2.54. The molecule has 0 atom stereocenters. The molecular weight excluding hydrogens is 312 g/mol. The number of aryl methyl sites for hydroxylation is 2. The molecule has 120 valence electrons. The molecule has 0 saturated heterocycles. The van der Waals surface area contributed by atoms with Crippen LogP contribution in [0.3, 0.4) is 0 Å². The zero-order valence-corrected chi connectivity index (χ0v) is 13.8. The van der Waals surface area contributed by atoms with Gasteiger partial charge in [-0.05, 0) is 60.4 Å². The molecule has 0 amide bonds. The molecule has 0 unspecified atom stereocenters. The van der Waals surface area contributed by atoms with E-state index < -0.39 is 11.9 Å². The van der Waals surface area contributed by atoms with Crippen molar-refractivity contribution in [3.8, 4) is 0 Å². The van der Waals surface area contributed by atoms with Crippen molar-refractivity contribution < 1.29 is 19.8 Å².